The summed E-state index contributed by atoms with van der Waals surface area (Å²) >= 11 is 0. The third-order valence-electron chi connectivity index (χ3n) is 3.59. The zero-order valence-electron chi connectivity index (χ0n) is 11.8. The van der Waals surface area contributed by atoms with Gasteiger partial charge < -0.3 is 15.2 Å². The lowest BCUT2D eigenvalue weighted by Crippen LogP contribution is -2.40. The lowest BCUT2D eigenvalue weighted by molar-refractivity contribution is -0.123. The first-order valence-corrected chi connectivity index (χ1v) is 7.33. The molecule has 0 aromatic heterocycles. The van der Waals surface area contributed by atoms with Crippen LogP contribution in [0.5, 0.6) is 0 Å². The molecule has 0 unspecified atom stereocenters. The molecule has 0 saturated carbocycles. The van der Waals surface area contributed by atoms with Crippen molar-refractivity contribution < 1.29 is 14.6 Å². The number of nitrogens with one attached hydrogen (secondary N) is 1. The average Bonchev–Trinajstić information content (AvgIpc) is 2.45. The molecule has 4 nitrogen and oxygen atoms in total. The fraction of sp³-hybridized carbons (Fsp3) is 0.562. The van der Waals surface area contributed by atoms with E-state index >= 15 is 0 Å². The molecule has 0 aliphatic carbocycles. The number of hydrogen-bond acceptors (Lipinski definition) is 3. The summed E-state index contributed by atoms with van der Waals surface area (Å²) in [5, 5.41) is 12.9. The van der Waals surface area contributed by atoms with Crippen molar-refractivity contribution in [3.63, 3.8) is 0 Å². The van der Waals surface area contributed by atoms with E-state index in [2.05, 4.69) is 5.32 Å². The molecule has 1 saturated heterocycles. The van der Waals surface area contributed by atoms with Gasteiger partial charge in [-0.1, -0.05) is 30.3 Å². The Morgan fingerprint density at radius 3 is 2.90 bits per heavy atom. The highest BCUT2D eigenvalue weighted by Gasteiger charge is 2.20. The Morgan fingerprint density at radius 2 is 2.15 bits per heavy atom. The molecule has 110 valence electrons. The molecule has 2 atom stereocenters. The second-order valence-corrected chi connectivity index (χ2v) is 5.37. The summed E-state index contributed by atoms with van der Waals surface area (Å²) in [5.74, 6) is 0.105. The molecule has 1 aliphatic heterocycles. The molecular formula is C16H23NO3. The number of benzene rings is 1. The van der Waals surface area contributed by atoms with Gasteiger partial charge in [0.2, 0.25) is 5.91 Å². The quantitative estimate of drug-likeness (QED) is 0.750. The number of amides is 1. The zero-order chi connectivity index (χ0) is 14.2. The van der Waals surface area contributed by atoms with Crippen LogP contribution < -0.4 is 5.32 Å². The second-order valence-electron chi connectivity index (χ2n) is 5.37. The average molecular weight is 277 g/mol. The fourth-order valence-corrected chi connectivity index (χ4v) is 2.49. The van der Waals surface area contributed by atoms with Gasteiger partial charge in [0.1, 0.15) is 0 Å². The second kappa shape index (κ2) is 8.02. The number of rotatable bonds is 7. The number of aliphatic hydroxyl groups excluding tert-OH is 1. The molecule has 1 heterocycles. The third kappa shape index (κ3) is 5.31. The summed E-state index contributed by atoms with van der Waals surface area (Å²) in [4.78, 5) is 11.3. The first-order valence-electron chi connectivity index (χ1n) is 7.33. The SMILES string of the molecule is O=C1CCC[C@H](C[C@H](O)CCOCc2ccccc2)N1. The van der Waals surface area contributed by atoms with Crippen molar-refractivity contribution in [2.75, 3.05) is 6.61 Å². The van der Waals surface area contributed by atoms with Crippen molar-refractivity contribution in [1.82, 2.24) is 5.32 Å². The van der Waals surface area contributed by atoms with Crippen molar-refractivity contribution in [1.29, 1.82) is 0 Å². The molecule has 1 fully saturated rings. The summed E-state index contributed by atoms with van der Waals surface area (Å²) in [6.07, 6.45) is 3.34. The highest BCUT2D eigenvalue weighted by atomic mass is 16.5. The minimum absolute atomic E-state index is 0.105. The number of carbonyl (C=O) groups excluding carboxylic acids is 1. The number of piperidine rings is 1. The van der Waals surface area contributed by atoms with Gasteiger partial charge in [-0.15, -0.1) is 0 Å². The van der Waals surface area contributed by atoms with E-state index in [9.17, 15) is 9.90 Å². The van der Waals surface area contributed by atoms with Gasteiger partial charge in [0.15, 0.2) is 0 Å². The highest BCUT2D eigenvalue weighted by molar-refractivity contribution is 5.76. The summed E-state index contributed by atoms with van der Waals surface area (Å²) in [6, 6.07) is 10.1. The van der Waals surface area contributed by atoms with Gasteiger partial charge in [-0.3, -0.25) is 4.79 Å². The largest absolute Gasteiger partial charge is 0.393 e. The third-order valence-corrected chi connectivity index (χ3v) is 3.59. The summed E-state index contributed by atoms with van der Waals surface area (Å²) < 4.78 is 5.55. The molecule has 1 amide bonds. The molecule has 4 heteroatoms. The molecule has 0 bridgehead atoms. The van der Waals surface area contributed by atoms with E-state index in [1.807, 2.05) is 30.3 Å². The van der Waals surface area contributed by atoms with Crippen molar-refractivity contribution in [3.8, 4) is 0 Å². The smallest absolute Gasteiger partial charge is 0.220 e. The predicted molar refractivity (Wildman–Crippen MR) is 77.1 cm³/mol. The molecule has 1 aromatic carbocycles. The summed E-state index contributed by atoms with van der Waals surface area (Å²) in [6.45, 7) is 1.12. The monoisotopic (exact) mass is 277 g/mol. The molecule has 2 rings (SSSR count). The Hall–Kier alpha value is -1.39. The van der Waals surface area contributed by atoms with Gasteiger partial charge >= 0.3 is 0 Å². The Morgan fingerprint density at radius 1 is 1.35 bits per heavy atom. The van der Waals surface area contributed by atoms with Crippen LogP contribution in [0.2, 0.25) is 0 Å². The molecule has 1 aromatic rings. The van der Waals surface area contributed by atoms with Crippen LogP contribution in [0.3, 0.4) is 0 Å². The lowest BCUT2D eigenvalue weighted by Gasteiger charge is -2.25. The maximum absolute atomic E-state index is 11.3. The Bertz CT molecular complexity index is 407. The molecular weight excluding hydrogens is 254 g/mol. The van der Waals surface area contributed by atoms with Crippen LogP contribution in [0.15, 0.2) is 30.3 Å². The van der Waals surface area contributed by atoms with E-state index in [1.54, 1.807) is 0 Å². The lowest BCUT2D eigenvalue weighted by atomic mass is 9.98. The minimum Gasteiger partial charge on any atom is -0.393 e. The molecule has 1 aliphatic rings. The first kappa shape index (κ1) is 15.0. The van der Waals surface area contributed by atoms with Crippen molar-refractivity contribution in [3.05, 3.63) is 35.9 Å². The van der Waals surface area contributed by atoms with E-state index in [0.29, 0.717) is 32.5 Å². The maximum atomic E-state index is 11.3. The molecule has 20 heavy (non-hydrogen) atoms. The van der Waals surface area contributed by atoms with Crippen LogP contribution in [0.25, 0.3) is 0 Å². The van der Waals surface area contributed by atoms with Crippen molar-refractivity contribution in [2.45, 2.75) is 50.9 Å². The van der Waals surface area contributed by atoms with Crippen LogP contribution in [-0.2, 0) is 16.1 Å². The van der Waals surface area contributed by atoms with Crippen LogP contribution in [-0.4, -0.2) is 29.8 Å². The summed E-state index contributed by atoms with van der Waals surface area (Å²) in [5.41, 5.74) is 1.14. The standard InChI is InChI=1S/C16H23NO3/c18-15(11-14-7-4-8-16(19)17-14)9-10-20-12-13-5-2-1-3-6-13/h1-3,5-6,14-15,18H,4,7-12H2,(H,17,19)/t14-,15-/m1/s1. The van der Waals surface area contributed by atoms with E-state index in [1.165, 1.54) is 0 Å². The molecule has 0 spiro atoms. The number of ether oxygens (including phenoxy) is 1. The molecule has 2 N–H and O–H groups in total. The Labute approximate surface area is 120 Å². The highest BCUT2D eigenvalue weighted by Crippen LogP contribution is 2.14. The number of carbonyl (C=O) groups is 1. The number of aliphatic hydroxyl groups is 1. The Balaban J connectivity index is 1.58. The predicted octanol–water partition coefficient (Wildman–Crippen LogP) is 2.01. The zero-order valence-corrected chi connectivity index (χ0v) is 11.8. The first-order chi connectivity index (χ1) is 9.74. The van der Waals surface area contributed by atoms with Gasteiger partial charge in [0, 0.05) is 19.1 Å². The van der Waals surface area contributed by atoms with Crippen molar-refractivity contribution >= 4 is 5.91 Å². The minimum atomic E-state index is -0.408. The van der Waals surface area contributed by atoms with E-state index in [4.69, 9.17) is 4.74 Å². The van der Waals surface area contributed by atoms with Crippen LogP contribution in [0, 0.1) is 0 Å². The van der Waals surface area contributed by atoms with E-state index in [0.717, 1.165) is 18.4 Å². The maximum Gasteiger partial charge on any atom is 0.220 e. The van der Waals surface area contributed by atoms with Gasteiger partial charge in [-0.2, -0.15) is 0 Å². The summed E-state index contributed by atoms with van der Waals surface area (Å²) in [7, 11) is 0. The number of hydrogen-bond donors (Lipinski definition) is 2. The van der Waals surface area contributed by atoms with Gasteiger partial charge in [-0.25, -0.2) is 0 Å². The van der Waals surface area contributed by atoms with Crippen LogP contribution in [0.1, 0.15) is 37.7 Å². The normalized spacial score (nSPS) is 20.4. The molecule has 0 radical (unpaired) electrons. The van der Waals surface area contributed by atoms with Crippen LogP contribution >= 0.6 is 0 Å². The van der Waals surface area contributed by atoms with Gasteiger partial charge in [0.05, 0.1) is 12.7 Å². The van der Waals surface area contributed by atoms with Gasteiger partial charge in [0.25, 0.3) is 0 Å². The topological polar surface area (TPSA) is 58.6 Å². The van der Waals surface area contributed by atoms with E-state index in [-0.39, 0.29) is 11.9 Å². The van der Waals surface area contributed by atoms with Gasteiger partial charge in [-0.05, 0) is 31.2 Å². The fourth-order valence-electron chi connectivity index (χ4n) is 2.49. The Kier molecular flexibility index (Phi) is 6.02. The van der Waals surface area contributed by atoms with E-state index < -0.39 is 6.10 Å². The van der Waals surface area contributed by atoms with Crippen LogP contribution in [0.4, 0.5) is 0 Å². The van der Waals surface area contributed by atoms with Crippen molar-refractivity contribution in [2.24, 2.45) is 0 Å².